The molecule has 0 saturated carbocycles. The van der Waals surface area contributed by atoms with E-state index in [1.165, 1.54) is 50.0 Å². The van der Waals surface area contributed by atoms with Gasteiger partial charge in [0.15, 0.2) is 0 Å². The Morgan fingerprint density at radius 3 is 2.31 bits per heavy atom. The number of allylic oxidation sites excluding steroid dienone is 10. The van der Waals surface area contributed by atoms with Crippen LogP contribution in [0.2, 0.25) is 0 Å². The number of fused-ring (bicyclic) bond motifs is 7. The smallest absolute Gasteiger partial charge is 0.235 e. The lowest BCUT2D eigenvalue weighted by Gasteiger charge is -2.29. The van der Waals surface area contributed by atoms with Gasteiger partial charge in [-0.1, -0.05) is 140 Å². The summed E-state index contributed by atoms with van der Waals surface area (Å²) in [5.74, 6) is 1.08. The second-order valence-electron chi connectivity index (χ2n) is 14.8. The molecule has 5 aliphatic rings. The largest absolute Gasteiger partial charge is 0.333 e. The van der Waals surface area contributed by atoms with Crippen LogP contribution in [0, 0.1) is 5.92 Å². The standard InChI is InChI=1S/C50H38N4/c1-3-13-33(14-4-1)34-23-25-35(26-24-34)49-42-19-7-10-20-44(42)51-50(52-49)54-46-22-12-8-17-39(46)41-29-27-37(32-48(41)54)36-28-30-47-43(31-36)40-18-9-11-21-45(40)53(47)38-15-5-2-6-16-38/h2-3,5-18,20-32,42-43,47H,1,4,19H2. The number of nitrogens with zero attached hydrogens (tertiary/aromatic N) is 4. The van der Waals surface area contributed by atoms with Crippen molar-refractivity contribution in [2.45, 2.75) is 31.2 Å². The van der Waals surface area contributed by atoms with Crippen molar-refractivity contribution in [3.8, 4) is 0 Å². The molecule has 4 nitrogen and oxygen atoms in total. The number of aromatic nitrogens is 1. The lowest BCUT2D eigenvalue weighted by atomic mass is 9.86. The van der Waals surface area contributed by atoms with Crippen molar-refractivity contribution in [2.75, 3.05) is 4.90 Å². The van der Waals surface area contributed by atoms with Crippen LogP contribution in [0.5, 0.6) is 0 Å². The number of hydrogen-bond acceptors (Lipinski definition) is 3. The molecule has 54 heavy (non-hydrogen) atoms. The molecule has 0 saturated heterocycles. The van der Waals surface area contributed by atoms with Crippen molar-refractivity contribution < 1.29 is 0 Å². The summed E-state index contributed by atoms with van der Waals surface area (Å²) in [6.07, 6.45) is 23.7. The van der Waals surface area contributed by atoms with E-state index >= 15 is 0 Å². The number of anilines is 2. The Balaban J connectivity index is 1.03. The molecular formula is C50H38N4. The topological polar surface area (TPSA) is 32.9 Å². The molecule has 11 rings (SSSR count). The average molecular weight is 695 g/mol. The summed E-state index contributed by atoms with van der Waals surface area (Å²) in [5, 5.41) is 2.40. The van der Waals surface area contributed by atoms with Crippen LogP contribution in [-0.4, -0.2) is 22.3 Å². The summed E-state index contributed by atoms with van der Waals surface area (Å²) in [7, 11) is 0. The predicted octanol–water partition coefficient (Wildman–Crippen LogP) is 12.0. The predicted molar refractivity (Wildman–Crippen MR) is 226 cm³/mol. The van der Waals surface area contributed by atoms with E-state index in [0.717, 1.165) is 47.3 Å². The third-order valence-electron chi connectivity index (χ3n) is 11.7. The van der Waals surface area contributed by atoms with Gasteiger partial charge < -0.3 is 4.90 Å². The molecule has 1 aromatic heterocycles. The maximum atomic E-state index is 5.46. The molecule has 3 heterocycles. The summed E-state index contributed by atoms with van der Waals surface area (Å²) in [5.41, 5.74) is 14.3. The van der Waals surface area contributed by atoms with Crippen molar-refractivity contribution in [3.63, 3.8) is 0 Å². The van der Waals surface area contributed by atoms with Gasteiger partial charge in [-0.2, -0.15) is 0 Å². The fraction of sp³-hybridized carbons (Fsp3) is 0.120. The highest BCUT2D eigenvalue weighted by molar-refractivity contribution is 6.19. The van der Waals surface area contributed by atoms with Crippen LogP contribution in [0.1, 0.15) is 47.4 Å². The van der Waals surface area contributed by atoms with Crippen LogP contribution in [0.4, 0.5) is 11.4 Å². The molecule has 2 aliphatic heterocycles. The molecule has 4 heteroatoms. The first kappa shape index (κ1) is 31.0. The molecule has 0 bridgehead atoms. The zero-order chi connectivity index (χ0) is 35.6. The fourth-order valence-corrected chi connectivity index (χ4v) is 9.14. The van der Waals surface area contributed by atoms with Gasteiger partial charge in [-0.15, -0.1) is 0 Å². The fourth-order valence-electron chi connectivity index (χ4n) is 9.14. The van der Waals surface area contributed by atoms with E-state index in [9.17, 15) is 0 Å². The lowest BCUT2D eigenvalue weighted by Crippen LogP contribution is -2.28. The third kappa shape index (κ3) is 4.98. The van der Waals surface area contributed by atoms with Crippen LogP contribution < -0.4 is 4.90 Å². The van der Waals surface area contributed by atoms with Crippen molar-refractivity contribution in [1.82, 2.24) is 4.57 Å². The Labute approximate surface area is 315 Å². The minimum absolute atomic E-state index is 0.122. The van der Waals surface area contributed by atoms with Crippen LogP contribution >= 0.6 is 0 Å². The Kier molecular flexibility index (Phi) is 7.22. The van der Waals surface area contributed by atoms with E-state index in [1.54, 1.807) is 0 Å². The number of aliphatic imine (C=N–C) groups is 2. The number of para-hydroxylation sites is 3. The Bertz CT molecular complexity index is 2750. The molecule has 0 amide bonds. The molecule has 5 aromatic carbocycles. The van der Waals surface area contributed by atoms with Crippen LogP contribution in [0.25, 0.3) is 33.0 Å². The van der Waals surface area contributed by atoms with Crippen molar-refractivity contribution in [3.05, 3.63) is 204 Å². The summed E-state index contributed by atoms with van der Waals surface area (Å²) < 4.78 is 2.29. The van der Waals surface area contributed by atoms with Gasteiger partial charge in [0.25, 0.3) is 0 Å². The maximum Gasteiger partial charge on any atom is 0.235 e. The first-order valence-corrected chi connectivity index (χ1v) is 19.2. The van der Waals surface area contributed by atoms with Crippen LogP contribution in [0.3, 0.4) is 0 Å². The zero-order valence-electron chi connectivity index (χ0n) is 29.9. The number of benzene rings is 5. The van der Waals surface area contributed by atoms with Crippen molar-refractivity contribution >= 4 is 56.0 Å². The molecule has 3 atom stereocenters. The summed E-state index contributed by atoms with van der Waals surface area (Å²) in [6.45, 7) is 0. The van der Waals surface area contributed by atoms with Crippen LogP contribution in [-0.2, 0) is 0 Å². The van der Waals surface area contributed by atoms with Gasteiger partial charge in [-0.05, 0) is 89.1 Å². The van der Waals surface area contributed by atoms with Crippen LogP contribution in [0.15, 0.2) is 192 Å². The van der Waals surface area contributed by atoms with Gasteiger partial charge in [0.2, 0.25) is 5.96 Å². The van der Waals surface area contributed by atoms with Gasteiger partial charge in [0.1, 0.15) is 0 Å². The van der Waals surface area contributed by atoms with Crippen molar-refractivity contribution in [2.24, 2.45) is 15.9 Å². The molecule has 6 aromatic rings. The second-order valence-corrected chi connectivity index (χ2v) is 14.8. The van der Waals surface area contributed by atoms with Gasteiger partial charge in [0, 0.05) is 34.0 Å². The molecule has 0 radical (unpaired) electrons. The van der Waals surface area contributed by atoms with Gasteiger partial charge in [0.05, 0.1) is 28.5 Å². The minimum atomic E-state index is 0.122. The summed E-state index contributed by atoms with van der Waals surface area (Å²) >= 11 is 0. The zero-order valence-corrected chi connectivity index (χ0v) is 29.9. The molecule has 258 valence electrons. The van der Waals surface area contributed by atoms with E-state index in [-0.39, 0.29) is 17.9 Å². The highest BCUT2D eigenvalue weighted by Crippen LogP contribution is 2.49. The summed E-state index contributed by atoms with van der Waals surface area (Å²) in [4.78, 5) is 13.3. The highest BCUT2D eigenvalue weighted by Gasteiger charge is 2.38. The number of rotatable bonds is 4. The van der Waals surface area contributed by atoms with Crippen molar-refractivity contribution in [1.29, 1.82) is 0 Å². The Hall–Kier alpha value is -6.52. The van der Waals surface area contributed by atoms with E-state index < -0.39 is 0 Å². The first-order chi connectivity index (χ1) is 26.8. The molecule has 3 unspecified atom stereocenters. The first-order valence-electron chi connectivity index (χ1n) is 19.2. The van der Waals surface area contributed by atoms with Gasteiger partial charge in [-0.25, -0.2) is 9.98 Å². The van der Waals surface area contributed by atoms with E-state index in [4.69, 9.17) is 9.98 Å². The third-order valence-corrected chi connectivity index (χ3v) is 11.7. The monoisotopic (exact) mass is 694 g/mol. The summed E-state index contributed by atoms with van der Waals surface area (Å²) in [6, 6.07) is 44.4. The van der Waals surface area contributed by atoms with Gasteiger partial charge >= 0.3 is 0 Å². The highest BCUT2D eigenvalue weighted by atomic mass is 15.2. The molecule has 3 aliphatic carbocycles. The van der Waals surface area contributed by atoms with E-state index in [1.807, 2.05) is 0 Å². The Morgan fingerprint density at radius 2 is 1.43 bits per heavy atom. The maximum absolute atomic E-state index is 5.46. The number of hydrogen-bond donors (Lipinski definition) is 0. The van der Waals surface area contributed by atoms with E-state index in [2.05, 4.69) is 185 Å². The lowest BCUT2D eigenvalue weighted by molar-refractivity contribution is 0.747. The SMILES string of the molecule is C1=CCC2C(=C1)N=C(n1c3ccccc3c3ccc(C4=CC5c6ccccc6N(c6ccccc6)C5C=C4)cc31)N=C2c1ccc(C2=CCCC=C2)cc1. The average Bonchev–Trinajstić information content (AvgIpc) is 3.76. The molecule has 0 spiro atoms. The van der Waals surface area contributed by atoms with E-state index in [0.29, 0.717) is 5.96 Å². The minimum Gasteiger partial charge on any atom is -0.333 e. The second kappa shape index (κ2) is 12.6. The van der Waals surface area contributed by atoms with Gasteiger partial charge in [-0.3, -0.25) is 4.57 Å². The normalized spacial score (nSPS) is 21.2. The Morgan fingerprint density at radius 1 is 0.630 bits per heavy atom. The molecule has 0 fully saturated rings. The molecule has 0 N–H and O–H groups in total. The quantitative estimate of drug-likeness (QED) is 0.181. The molecular weight excluding hydrogens is 657 g/mol.